The number of rotatable bonds is 4. The molecule has 5 rings (SSSR count). The normalized spacial score (nSPS) is 16.1. The molecule has 6 N–H and O–H groups in total. The molecule has 34 heavy (non-hydrogen) atoms. The van der Waals surface area contributed by atoms with Crippen molar-refractivity contribution in [1.29, 1.82) is 0 Å². The summed E-state index contributed by atoms with van der Waals surface area (Å²) < 4.78 is 14.6. The second kappa shape index (κ2) is 8.68. The molecule has 1 amide bonds. The van der Waals surface area contributed by atoms with Crippen LogP contribution in [0, 0.1) is 5.82 Å². The molecule has 0 aliphatic carbocycles. The van der Waals surface area contributed by atoms with Crippen LogP contribution in [0.4, 0.5) is 15.8 Å². The van der Waals surface area contributed by atoms with Gasteiger partial charge in [0.15, 0.2) is 0 Å². The van der Waals surface area contributed by atoms with Crippen molar-refractivity contribution in [1.82, 2.24) is 15.0 Å². The number of fused-ring (bicyclic) bond motifs is 1. The van der Waals surface area contributed by atoms with Crippen LogP contribution in [-0.4, -0.2) is 40.0 Å². The maximum absolute atomic E-state index is 14.6. The van der Waals surface area contributed by atoms with E-state index in [0.29, 0.717) is 22.8 Å². The Hall–Kier alpha value is -4.11. The highest BCUT2D eigenvalue weighted by molar-refractivity contribution is 5.95. The van der Waals surface area contributed by atoms with Crippen LogP contribution in [0.1, 0.15) is 23.2 Å². The first-order chi connectivity index (χ1) is 16.4. The Bertz CT molecular complexity index is 1410. The molecule has 172 valence electrons. The third-order valence-corrected chi connectivity index (χ3v) is 6.10. The molecule has 4 heterocycles. The van der Waals surface area contributed by atoms with E-state index in [9.17, 15) is 9.18 Å². The predicted octanol–water partition coefficient (Wildman–Crippen LogP) is 3.11. The molecule has 3 aromatic heterocycles. The van der Waals surface area contributed by atoms with Gasteiger partial charge in [0.1, 0.15) is 11.5 Å². The standard InChI is InChI=1S/C25H24FN7O/c26-18-4-3-14(25(29)34)10-16(18)20-6-5-19(28)24(32-20)21-11-17-22(12-31-21)30-8-7-23(17)33-9-1-2-15(27)13-33/h3-8,10-12,15H,1-2,9,13,27-28H2,(H2,29,34)/t15-/m1/s1. The zero-order chi connectivity index (χ0) is 23.8. The highest BCUT2D eigenvalue weighted by Crippen LogP contribution is 2.33. The summed E-state index contributed by atoms with van der Waals surface area (Å²) in [7, 11) is 0. The smallest absolute Gasteiger partial charge is 0.248 e. The monoisotopic (exact) mass is 457 g/mol. The van der Waals surface area contributed by atoms with E-state index in [1.54, 1.807) is 24.5 Å². The van der Waals surface area contributed by atoms with E-state index >= 15 is 0 Å². The fraction of sp³-hybridized carbons (Fsp3) is 0.200. The van der Waals surface area contributed by atoms with E-state index in [4.69, 9.17) is 17.2 Å². The lowest BCUT2D eigenvalue weighted by Gasteiger charge is -2.33. The molecule has 1 saturated heterocycles. The second-order valence-corrected chi connectivity index (χ2v) is 8.46. The lowest BCUT2D eigenvalue weighted by molar-refractivity contribution is 0.100. The first-order valence-corrected chi connectivity index (χ1v) is 11.0. The number of pyridine rings is 3. The number of halogens is 1. The Morgan fingerprint density at radius 2 is 1.94 bits per heavy atom. The zero-order valence-electron chi connectivity index (χ0n) is 18.4. The quantitative estimate of drug-likeness (QED) is 0.428. The minimum atomic E-state index is -0.648. The Balaban J connectivity index is 1.61. The minimum absolute atomic E-state index is 0.123. The van der Waals surface area contributed by atoms with Crippen LogP contribution in [0.3, 0.4) is 0 Å². The van der Waals surface area contributed by atoms with Crippen LogP contribution in [0.15, 0.2) is 54.9 Å². The number of carbonyl (C=O) groups is 1. The zero-order valence-corrected chi connectivity index (χ0v) is 18.4. The van der Waals surface area contributed by atoms with Gasteiger partial charge in [-0.3, -0.25) is 14.8 Å². The molecular formula is C25H24FN7O. The van der Waals surface area contributed by atoms with Gasteiger partial charge in [-0.05, 0) is 55.3 Å². The number of benzene rings is 1. The summed E-state index contributed by atoms with van der Waals surface area (Å²) >= 11 is 0. The Kier molecular flexibility index (Phi) is 5.54. The third-order valence-electron chi connectivity index (χ3n) is 6.10. The van der Waals surface area contributed by atoms with Gasteiger partial charge in [-0.25, -0.2) is 9.37 Å². The number of aromatic nitrogens is 3. The van der Waals surface area contributed by atoms with E-state index in [2.05, 4.69) is 19.9 Å². The highest BCUT2D eigenvalue weighted by atomic mass is 19.1. The van der Waals surface area contributed by atoms with E-state index in [0.717, 1.165) is 42.5 Å². The second-order valence-electron chi connectivity index (χ2n) is 8.46. The molecule has 1 aliphatic heterocycles. The van der Waals surface area contributed by atoms with Crippen LogP contribution in [-0.2, 0) is 0 Å². The summed E-state index contributed by atoms with van der Waals surface area (Å²) in [6.45, 7) is 1.68. The number of carbonyl (C=O) groups excluding carboxylic acids is 1. The number of amides is 1. The number of hydrogen-bond acceptors (Lipinski definition) is 7. The lowest BCUT2D eigenvalue weighted by Crippen LogP contribution is -2.42. The summed E-state index contributed by atoms with van der Waals surface area (Å²) in [6.07, 6.45) is 5.48. The molecule has 1 atom stereocenters. The average molecular weight is 458 g/mol. The maximum Gasteiger partial charge on any atom is 0.248 e. The van der Waals surface area contributed by atoms with Crippen LogP contribution in [0.25, 0.3) is 33.5 Å². The van der Waals surface area contributed by atoms with E-state index in [-0.39, 0.29) is 17.2 Å². The summed E-state index contributed by atoms with van der Waals surface area (Å²) in [5, 5.41) is 0.912. The molecule has 1 fully saturated rings. The molecule has 4 aromatic rings. The molecule has 1 aromatic carbocycles. The summed E-state index contributed by atoms with van der Waals surface area (Å²) in [5.41, 5.74) is 21.6. The first-order valence-electron chi connectivity index (χ1n) is 11.0. The molecular weight excluding hydrogens is 433 g/mol. The maximum atomic E-state index is 14.6. The topological polar surface area (TPSA) is 137 Å². The fourth-order valence-electron chi connectivity index (χ4n) is 4.37. The van der Waals surface area contributed by atoms with Gasteiger partial charge in [0.05, 0.1) is 28.8 Å². The lowest BCUT2D eigenvalue weighted by atomic mass is 10.0. The number of nitrogens with zero attached hydrogens (tertiary/aromatic N) is 4. The largest absolute Gasteiger partial charge is 0.397 e. The van der Waals surface area contributed by atoms with Crippen molar-refractivity contribution in [2.24, 2.45) is 11.5 Å². The summed E-state index contributed by atoms with van der Waals surface area (Å²) in [4.78, 5) is 27.4. The predicted molar refractivity (Wildman–Crippen MR) is 131 cm³/mol. The molecule has 8 nitrogen and oxygen atoms in total. The average Bonchev–Trinajstić information content (AvgIpc) is 2.84. The third kappa shape index (κ3) is 4.01. The van der Waals surface area contributed by atoms with Gasteiger partial charge in [0, 0.05) is 47.5 Å². The van der Waals surface area contributed by atoms with Crippen molar-refractivity contribution in [3.05, 3.63) is 66.2 Å². The summed E-state index contributed by atoms with van der Waals surface area (Å²) in [6, 6.07) is 11.2. The number of nitrogens with two attached hydrogens (primary N) is 3. The number of hydrogen-bond donors (Lipinski definition) is 3. The SMILES string of the molecule is NC(=O)c1ccc(F)c(-c2ccc(N)c(-c3cc4c(N5CCC[C@@H](N)C5)ccnc4cn3)n2)c1. The molecule has 9 heteroatoms. The van der Waals surface area contributed by atoms with Crippen LogP contribution in [0.2, 0.25) is 0 Å². The molecule has 0 spiro atoms. The number of nitrogen functional groups attached to an aromatic ring is 1. The van der Waals surface area contributed by atoms with Crippen molar-refractivity contribution < 1.29 is 9.18 Å². The van der Waals surface area contributed by atoms with Gasteiger partial charge in [-0.15, -0.1) is 0 Å². The molecule has 0 bridgehead atoms. The van der Waals surface area contributed by atoms with Crippen molar-refractivity contribution in [3.63, 3.8) is 0 Å². The van der Waals surface area contributed by atoms with E-state index in [1.165, 1.54) is 18.2 Å². The van der Waals surface area contributed by atoms with Gasteiger partial charge in [-0.1, -0.05) is 0 Å². The molecule has 1 aliphatic rings. The molecule has 0 unspecified atom stereocenters. The Morgan fingerprint density at radius 3 is 2.74 bits per heavy atom. The van der Waals surface area contributed by atoms with E-state index < -0.39 is 11.7 Å². The summed E-state index contributed by atoms with van der Waals surface area (Å²) in [5.74, 6) is -1.17. The van der Waals surface area contributed by atoms with Gasteiger partial charge in [0.2, 0.25) is 5.91 Å². The van der Waals surface area contributed by atoms with Crippen LogP contribution >= 0.6 is 0 Å². The van der Waals surface area contributed by atoms with Gasteiger partial charge in [-0.2, -0.15) is 0 Å². The van der Waals surface area contributed by atoms with Crippen molar-refractivity contribution >= 4 is 28.2 Å². The van der Waals surface area contributed by atoms with Crippen molar-refractivity contribution in [2.45, 2.75) is 18.9 Å². The highest BCUT2D eigenvalue weighted by Gasteiger charge is 2.20. The Morgan fingerprint density at radius 1 is 1.09 bits per heavy atom. The van der Waals surface area contributed by atoms with Crippen molar-refractivity contribution in [3.8, 4) is 22.6 Å². The van der Waals surface area contributed by atoms with Crippen LogP contribution in [0.5, 0.6) is 0 Å². The minimum Gasteiger partial charge on any atom is -0.397 e. The van der Waals surface area contributed by atoms with Gasteiger partial charge >= 0.3 is 0 Å². The number of anilines is 2. The van der Waals surface area contributed by atoms with Gasteiger partial charge < -0.3 is 22.1 Å². The van der Waals surface area contributed by atoms with Crippen LogP contribution < -0.4 is 22.1 Å². The van der Waals surface area contributed by atoms with Crippen molar-refractivity contribution in [2.75, 3.05) is 23.7 Å². The fourth-order valence-corrected chi connectivity index (χ4v) is 4.37. The molecule has 0 saturated carbocycles. The van der Waals surface area contributed by atoms with E-state index in [1.807, 2.05) is 12.1 Å². The first kappa shape index (κ1) is 21.7. The number of primary amides is 1. The molecule has 0 radical (unpaired) electrons. The van der Waals surface area contributed by atoms with Gasteiger partial charge in [0.25, 0.3) is 0 Å². The Labute approximate surface area is 195 Å². The number of piperidine rings is 1.